The van der Waals surface area contributed by atoms with E-state index in [4.69, 9.17) is 4.74 Å². The molecule has 0 radical (unpaired) electrons. The summed E-state index contributed by atoms with van der Waals surface area (Å²) in [4.78, 5) is 19.2. The number of anilines is 2. The molecule has 0 aliphatic carbocycles. The summed E-state index contributed by atoms with van der Waals surface area (Å²) >= 11 is 1.53. The molecule has 1 amide bonds. The van der Waals surface area contributed by atoms with Gasteiger partial charge < -0.3 is 19.7 Å². The minimum atomic E-state index is -4.77. The lowest BCUT2D eigenvalue weighted by molar-refractivity contribution is -0.274. The van der Waals surface area contributed by atoms with Crippen molar-refractivity contribution in [3.63, 3.8) is 0 Å². The molecule has 1 aliphatic rings. The molecule has 152 valence electrons. The number of nitrogens with zero attached hydrogens (tertiary/aromatic N) is 2. The number of aromatic nitrogens is 1. The molecule has 6 nitrogen and oxygen atoms in total. The highest BCUT2D eigenvalue weighted by Crippen LogP contribution is 2.31. The van der Waals surface area contributed by atoms with E-state index in [0.717, 1.165) is 40.6 Å². The Morgan fingerprint density at radius 3 is 2.55 bits per heavy atom. The molecule has 2 heterocycles. The molecule has 29 heavy (non-hydrogen) atoms. The highest BCUT2D eigenvalue weighted by molar-refractivity contribution is 7.22. The highest BCUT2D eigenvalue weighted by Gasteiger charge is 2.31. The number of thiazole rings is 1. The minimum Gasteiger partial charge on any atom is -0.406 e. The van der Waals surface area contributed by atoms with Crippen LogP contribution in [0.5, 0.6) is 5.75 Å². The Kier molecular flexibility index (Phi) is 5.29. The standard InChI is InChI=1S/C19H16F3N3O3S/c20-19(21,22)28-14-4-1-12(2-5-14)17(26)23-13-3-6-15-16(11-13)29-18(24-15)25-7-9-27-10-8-25/h1-6,11H,7-10H2,(H,23,26). The lowest BCUT2D eigenvalue weighted by Gasteiger charge is -2.25. The Labute approximate surface area is 167 Å². The van der Waals surface area contributed by atoms with Crippen LogP contribution in [0.4, 0.5) is 24.0 Å². The van der Waals surface area contributed by atoms with E-state index in [0.29, 0.717) is 18.9 Å². The summed E-state index contributed by atoms with van der Waals surface area (Å²) in [6.45, 7) is 2.92. The van der Waals surface area contributed by atoms with Crippen LogP contribution in [0.15, 0.2) is 42.5 Å². The number of carbonyl (C=O) groups excluding carboxylic acids is 1. The lowest BCUT2D eigenvalue weighted by atomic mass is 10.2. The molecule has 1 N–H and O–H groups in total. The third kappa shape index (κ3) is 4.77. The molecule has 0 spiro atoms. The van der Waals surface area contributed by atoms with Crippen LogP contribution < -0.4 is 15.0 Å². The van der Waals surface area contributed by atoms with Gasteiger partial charge in [0.25, 0.3) is 5.91 Å². The number of rotatable bonds is 4. The molecule has 0 atom stereocenters. The van der Waals surface area contributed by atoms with Gasteiger partial charge in [-0.15, -0.1) is 13.2 Å². The van der Waals surface area contributed by atoms with Gasteiger partial charge in [-0.05, 0) is 42.5 Å². The monoisotopic (exact) mass is 423 g/mol. The van der Waals surface area contributed by atoms with E-state index in [1.54, 1.807) is 6.07 Å². The van der Waals surface area contributed by atoms with Crippen molar-refractivity contribution in [1.29, 1.82) is 0 Å². The molecular formula is C19H16F3N3O3S. The maximum atomic E-state index is 12.4. The third-order valence-electron chi connectivity index (χ3n) is 4.27. The Morgan fingerprint density at radius 2 is 1.86 bits per heavy atom. The number of morpholine rings is 1. The smallest absolute Gasteiger partial charge is 0.406 e. The van der Waals surface area contributed by atoms with Crippen molar-refractivity contribution in [2.45, 2.75) is 6.36 Å². The number of ether oxygens (including phenoxy) is 2. The number of benzene rings is 2. The first-order chi connectivity index (χ1) is 13.9. The largest absolute Gasteiger partial charge is 0.573 e. The SMILES string of the molecule is O=C(Nc1ccc2nc(N3CCOCC3)sc2c1)c1ccc(OC(F)(F)F)cc1. The van der Waals surface area contributed by atoms with Gasteiger partial charge in [0.05, 0.1) is 23.4 Å². The van der Waals surface area contributed by atoms with Gasteiger partial charge in [0, 0.05) is 24.3 Å². The zero-order chi connectivity index (χ0) is 20.4. The van der Waals surface area contributed by atoms with Gasteiger partial charge in [-0.2, -0.15) is 0 Å². The van der Waals surface area contributed by atoms with Crippen LogP contribution in [0.25, 0.3) is 10.2 Å². The van der Waals surface area contributed by atoms with E-state index < -0.39 is 12.3 Å². The first-order valence-corrected chi connectivity index (χ1v) is 9.59. The molecule has 0 saturated carbocycles. The number of fused-ring (bicyclic) bond motifs is 1. The van der Waals surface area contributed by atoms with Gasteiger partial charge in [0.1, 0.15) is 5.75 Å². The van der Waals surface area contributed by atoms with Crippen molar-refractivity contribution in [1.82, 2.24) is 4.98 Å². The summed E-state index contributed by atoms with van der Waals surface area (Å²) in [6, 6.07) is 10.1. The fourth-order valence-corrected chi connectivity index (χ4v) is 3.95. The molecule has 1 aliphatic heterocycles. The van der Waals surface area contributed by atoms with Crippen LogP contribution in [0.3, 0.4) is 0 Å². The summed E-state index contributed by atoms with van der Waals surface area (Å²) in [6.07, 6.45) is -4.77. The van der Waals surface area contributed by atoms with E-state index in [-0.39, 0.29) is 11.3 Å². The zero-order valence-corrected chi connectivity index (χ0v) is 15.8. The van der Waals surface area contributed by atoms with Crippen molar-refractivity contribution in [2.24, 2.45) is 0 Å². The number of alkyl halides is 3. The minimum absolute atomic E-state index is 0.220. The molecule has 0 unspecified atom stereocenters. The molecular weight excluding hydrogens is 407 g/mol. The Morgan fingerprint density at radius 1 is 1.14 bits per heavy atom. The Bertz CT molecular complexity index is 1010. The first-order valence-electron chi connectivity index (χ1n) is 8.78. The van der Waals surface area contributed by atoms with Gasteiger partial charge in [-0.25, -0.2) is 4.98 Å². The summed E-state index contributed by atoms with van der Waals surface area (Å²) < 4.78 is 46.8. The van der Waals surface area contributed by atoms with E-state index in [2.05, 4.69) is 19.9 Å². The van der Waals surface area contributed by atoms with Crippen molar-refractivity contribution >= 4 is 38.3 Å². The van der Waals surface area contributed by atoms with Gasteiger partial charge in [0.2, 0.25) is 0 Å². The van der Waals surface area contributed by atoms with E-state index in [9.17, 15) is 18.0 Å². The van der Waals surface area contributed by atoms with Gasteiger partial charge in [-0.3, -0.25) is 4.79 Å². The van der Waals surface area contributed by atoms with Gasteiger partial charge >= 0.3 is 6.36 Å². The summed E-state index contributed by atoms with van der Waals surface area (Å²) in [5.41, 5.74) is 1.64. The van der Waals surface area contributed by atoms with Crippen LogP contribution >= 0.6 is 11.3 Å². The fraction of sp³-hybridized carbons (Fsp3) is 0.263. The predicted molar refractivity (Wildman–Crippen MR) is 104 cm³/mol. The van der Waals surface area contributed by atoms with Gasteiger partial charge in [0.15, 0.2) is 5.13 Å². The maximum absolute atomic E-state index is 12.4. The molecule has 2 aromatic carbocycles. The number of amides is 1. The van der Waals surface area contributed by atoms with Crippen molar-refractivity contribution in [3.8, 4) is 5.75 Å². The number of nitrogens with one attached hydrogen (secondary N) is 1. The number of hydrogen-bond acceptors (Lipinski definition) is 6. The van der Waals surface area contributed by atoms with Crippen molar-refractivity contribution < 1.29 is 27.4 Å². The molecule has 3 aromatic rings. The van der Waals surface area contributed by atoms with Crippen LogP contribution in [-0.4, -0.2) is 43.6 Å². The lowest BCUT2D eigenvalue weighted by Crippen LogP contribution is -2.36. The Hall–Kier alpha value is -2.85. The summed E-state index contributed by atoms with van der Waals surface area (Å²) in [5, 5.41) is 3.66. The molecule has 4 rings (SSSR count). The van der Waals surface area contributed by atoms with Crippen LogP contribution in [0, 0.1) is 0 Å². The van der Waals surface area contributed by atoms with Crippen molar-refractivity contribution in [2.75, 3.05) is 36.5 Å². The summed E-state index contributed by atoms with van der Waals surface area (Å²) in [7, 11) is 0. The van der Waals surface area contributed by atoms with Crippen molar-refractivity contribution in [3.05, 3.63) is 48.0 Å². The van der Waals surface area contributed by atoms with Crippen LogP contribution in [-0.2, 0) is 4.74 Å². The molecule has 10 heteroatoms. The molecule has 1 aromatic heterocycles. The molecule has 0 bridgehead atoms. The van der Waals surface area contributed by atoms with E-state index >= 15 is 0 Å². The predicted octanol–water partition coefficient (Wildman–Crippen LogP) is 4.28. The second-order valence-electron chi connectivity index (χ2n) is 6.30. The average molecular weight is 423 g/mol. The Balaban J connectivity index is 1.46. The van der Waals surface area contributed by atoms with Gasteiger partial charge in [-0.1, -0.05) is 11.3 Å². The summed E-state index contributed by atoms with van der Waals surface area (Å²) in [5.74, 6) is -0.809. The van der Waals surface area contributed by atoms with E-state index in [1.807, 2.05) is 12.1 Å². The highest BCUT2D eigenvalue weighted by atomic mass is 32.1. The normalized spacial score (nSPS) is 14.8. The number of halogens is 3. The quantitative estimate of drug-likeness (QED) is 0.679. The van der Waals surface area contributed by atoms with E-state index in [1.165, 1.54) is 23.5 Å². The second kappa shape index (κ2) is 7.88. The van der Waals surface area contributed by atoms with Crippen LogP contribution in [0.2, 0.25) is 0 Å². The second-order valence-corrected chi connectivity index (χ2v) is 7.31. The molecule has 1 fully saturated rings. The number of hydrogen-bond donors (Lipinski definition) is 1. The third-order valence-corrected chi connectivity index (χ3v) is 5.35. The fourth-order valence-electron chi connectivity index (χ4n) is 2.89. The molecule has 1 saturated heterocycles. The first kappa shape index (κ1) is 19.5. The van der Waals surface area contributed by atoms with Crippen LogP contribution in [0.1, 0.15) is 10.4 Å². The zero-order valence-electron chi connectivity index (χ0n) is 15.0. The topological polar surface area (TPSA) is 63.7 Å². The number of carbonyl (C=O) groups is 1. The average Bonchev–Trinajstić information content (AvgIpc) is 3.11. The maximum Gasteiger partial charge on any atom is 0.573 e.